The van der Waals surface area contributed by atoms with Gasteiger partial charge in [-0.15, -0.1) is 11.3 Å². The molecule has 3 rings (SSSR count). The molecule has 0 saturated carbocycles. The molecule has 0 aliphatic rings. The molecule has 0 spiro atoms. The quantitative estimate of drug-likeness (QED) is 0.640. The monoisotopic (exact) mass is 402 g/mol. The van der Waals surface area contributed by atoms with Crippen molar-refractivity contribution in [3.8, 4) is 11.3 Å². The first-order valence-corrected chi connectivity index (χ1v) is 9.43. The Hall–Kier alpha value is -2.46. The van der Waals surface area contributed by atoms with Crippen molar-refractivity contribution in [3.63, 3.8) is 0 Å². The Bertz CT molecular complexity index is 1030. The van der Waals surface area contributed by atoms with Crippen molar-refractivity contribution < 1.29 is 26.0 Å². The Labute approximate surface area is 150 Å². The zero-order valence-corrected chi connectivity index (χ0v) is 14.4. The number of alkyl halides is 3. The molecule has 26 heavy (non-hydrogen) atoms. The largest absolute Gasteiger partial charge is 0.417 e. The molecule has 10 heteroatoms. The first-order chi connectivity index (χ1) is 12.2. The summed E-state index contributed by atoms with van der Waals surface area (Å²) in [5.41, 5.74) is -0.344. The molecule has 2 aromatic carbocycles. The molecule has 136 valence electrons. The topological polar surface area (TPSA) is 59.1 Å². The summed E-state index contributed by atoms with van der Waals surface area (Å²) in [5.74, 6) is -0.436. The number of nitrogens with zero attached hydrogens (tertiary/aromatic N) is 1. The van der Waals surface area contributed by atoms with Gasteiger partial charge in [-0.25, -0.2) is 17.8 Å². The maximum atomic E-state index is 13.0. The first kappa shape index (κ1) is 18.3. The number of sulfonamides is 1. The van der Waals surface area contributed by atoms with E-state index >= 15 is 0 Å². The van der Waals surface area contributed by atoms with Gasteiger partial charge in [-0.1, -0.05) is 12.1 Å². The second kappa shape index (κ2) is 6.69. The summed E-state index contributed by atoms with van der Waals surface area (Å²) < 4.78 is 78.9. The van der Waals surface area contributed by atoms with Crippen LogP contribution in [0, 0.1) is 5.82 Å². The van der Waals surface area contributed by atoms with E-state index in [0.717, 1.165) is 23.5 Å². The summed E-state index contributed by atoms with van der Waals surface area (Å²) in [6.45, 7) is 0. The molecule has 0 bridgehead atoms. The Kier molecular flexibility index (Phi) is 4.72. The molecule has 0 fully saturated rings. The van der Waals surface area contributed by atoms with Crippen molar-refractivity contribution in [2.75, 3.05) is 4.72 Å². The van der Waals surface area contributed by atoms with Crippen LogP contribution < -0.4 is 4.72 Å². The third kappa shape index (κ3) is 3.86. The lowest BCUT2D eigenvalue weighted by Gasteiger charge is -2.13. The van der Waals surface area contributed by atoms with Crippen LogP contribution in [0.1, 0.15) is 5.56 Å². The Morgan fingerprint density at radius 1 is 1.00 bits per heavy atom. The highest BCUT2D eigenvalue weighted by molar-refractivity contribution is 7.93. The second-order valence-corrected chi connectivity index (χ2v) is 7.65. The van der Waals surface area contributed by atoms with Crippen molar-refractivity contribution in [3.05, 3.63) is 65.3 Å². The van der Waals surface area contributed by atoms with E-state index < -0.39 is 32.5 Å². The van der Waals surface area contributed by atoms with Gasteiger partial charge < -0.3 is 0 Å². The van der Waals surface area contributed by atoms with E-state index in [-0.39, 0.29) is 5.13 Å². The summed E-state index contributed by atoms with van der Waals surface area (Å²) in [5, 5.41) is 1.42. The number of halogens is 4. The van der Waals surface area contributed by atoms with Gasteiger partial charge in [0.1, 0.15) is 5.82 Å². The number of rotatable bonds is 4. The lowest BCUT2D eigenvalue weighted by atomic mass is 10.2. The van der Waals surface area contributed by atoms with Gasteiger partial charge in [0.25, 0.3) is 10.0 Å². The zero-order valence-electron chi connectivity index (χ0n) is 12.8. The normalized spacial score (nSPS) is 12.2. The number of hydrogen-bond donors (Lipinski definition) is 1. The molecular weight excluding hydrogens is 392 g/mol. The van der Waals surface area contributed by atoms with Crippen LogP contribution in [0.15, 0.2) is 58.8 Å². The van der Waals surface area contributed by atoms with Crippen LogP contribution in [0.25, 0.3) is 11.3 Å². The predicted molar refractivity (Wildman–Crippen MR) is 89.8 cm³/mol. The molecular formula is C16H10F4N2O2S2. The number of aromatic nitrogens is 1. The number of thiazole rings is 1. The van der Waals surface area contributed by atoms with E-state index in [4.69, 9.17) is 0 Å². The lowest BCUT2D eigenvalue weighted by molar-refractivity contribution is -0.139. The third-order valence-electron chi connectivity index (χ3n) is 3.35. The Morgan fingerprint density at radius 2 is 1.65 bits per heavy atom. The minimum absolute atomic E-state index is 0.0960. The molecule has 0 aliphatic carbocycles. The van der Waals surface area contributed by atoms with Gasteiger partial charge in [0, 0.05) is 10.9 Å². The highest BCUT2D eigenvalue weighted by Crippen LogP contribution is 2.35. The van der Waals surface area contributed by atoms with Crippen LogP contribution in [0.4, 0.5) is 22.7 Å². The summed E-state index contributed by atoms with van der Waals surface area (Å²) >= 11 is 0.907. The zero-order chi connectivity index (χ0) is 18.9. The third-order valence-corrected chi connectivity index (χ3v) is 5.63. The smallest absolute Gasteiger partial charge is 0.255 e. The molecule has 1 N–H and O–H groups in total. The van der Waals surface area contributed by atoms with Crippen LogP contribution in [0.3, 0.4) is 0 Å². The fourth-order valence-corrected chi connectivity index (χ4v) is 4.38. The van der Waals surface area contributed by atoms with E-state index in [9.17, 15) is 26.0 Å². The van der Waals surface area contributed by atoms with E-state index in [1.54, 1.807) is 0 Å². The van der Waals surface area contributed by atoms with Crippen molar-refractivity contribution in [1.29, 1.82) is 0 Å². The summed E-state index contributed by atoms with van der Waals surface area (Å²) in [6.07, 6.45) is -4.81. The molecule has 0 aliphatic heterocycles. The highest BCUT2D eigenvalue weighted by Gasteiger charge is 2.37. The first-order valence-electron chi connectivity index (χ1n) is 7.07. The minimum atomic E-state index is -4.81. The number of nitrogens with one attached hydrogen (secondary N) is 1. The van der Waals surface area contributed by atoms with Gasteiger partial charge >= 0.3 is 6.18 Å². The Balaban J connectivity index is 1.91. The Morgan fingerprint density at radius 3 is 2.31 bits per heavy atom. The predicted octanol–water partition coefficient (Wildman–Crippen LogP) is 4.77. The average Bonchev–Trinajstić information content (AvgIpc) is 3.02. The fraction of sp³-hybridized carbons (Fsp3) is 0.0625. The van der Waals surface area contributed by atoms with Crippen molar-refractivity contribution in [2.45, 2.75) is 11.1 Å². The SMILES string of the molecule is O=S(=O)(Nc1nc(-c2ccc(F)cc2)cs1)c1ccccc1C(F)(F)F. The molecule has 1 heterocycles. The second-order valence-electron chi connectivity index (χ2n) is 5.14. The summed E-state index contributed by atoms with van der Waals surface area (Å²) in [6, 6.07) is 9.24. The number of hydrogen-bond acceptors (Lipinski definition) is 4. The van der Waals surface area contributed by atoms with Gasteiger partial charge in [0.2, 0.25) is 0 Å². The van der Waals surface area contributed by atoms with Crippen LogP contribution >= 0.6 is 11.3 Å². The molecule has 1 aromatic heterocycles. The highest BCUT2D eigenvalue weighted by atomic mass is 32.2. The van der Waals surface area contributed by atoms with Crippen LogP contribution in [-0.4, -0.2) is 13.4 Å². The average molecular weight is 402 g/mol. The molecule has 0 unspecified atom stereocenters. The molecule has 4 nitrogen and oxygen atoms in total. The van der Waals surface area contributed by atoms with E-state index in [1.807, 2.05) is 0 Å². The van der Waals surface area contributed by atoms with Gasteiger partial charge in [-0.2, -0.15) is 13.2 Å². The van der Waals surface area contributed by atoms with Crippen molar-refractivity contribution in [2.24, 2.45) is 0 Å². The van der Waals surface area contributed by atoms with Gasteiger partial charge in [0.05, 0.1) is 16.2 Å². The maximum absolute atomic E-state index is 13.0. The van der Waals surface area contributed by atoms with Gasteiger partial charge in [-0.3, -0.25) is 4.72 Å². The molecule has 0 saturated heterocycles. The van der Waals surface area contributed by atoms with E-state index in [2.05, 4.69) is 9.71 Å². The van der Waals surface area contributed by atoms with E-state index in [0.29, 0.717) is 17.3 Å². The summed E-state index contributed by atoms with van der Waals surface area (Å²) in [7, 11) is -4.48. The van der Waals surface area contributed by atoms with Gasteiger partial charge in [-0.05, 0) is 36.4 Å². The summed E-state index contributed by atoms with van der Waals surface area (Å²) in [4.78, 5) is 3.15. The van der Waals surface area contributed by atoms with Crippen LogP contribution in [0.2, 0.25) is 0 Å². The van der Waals surface area contributed by atoms with Crippen molar-refractivity contribution >= 4 is 26.5 Å². The number of benzene rings is 2. The molecule has 0 atom stereocenters. The molecule has 0 radical (unpaired) electrons. The minimum Gasteiger partial charge on any atom is -0.255 e. The maximum Gasteiger partial charge on any atom is 0.417 e. The molecule has 3 aromatic rings. The number of anilines is 1. The van der Waals surface area contributed by atoms with Crippen molar-refractivity contribution in [1.82, 2.24) is 4.98 Å². The van der Waals surface area contributed by atoms with Crippen LogP contribution in [-0.2, 0) is 16.2 Å². The van der Waals surface area contributed by atoms with Gasteiger partial charge in [0.15, 0.2) is 5.13 Å². The van der Waals surface area contributed by atoms with Crippen LogP contribution in [0.5, 0.6) is 0 Å². The van der Waals surface area contributed by atoms with E-state index in [1.165, 1.54) is 35.7 Å². The molecule has 0 amide bonds. The fourth-order valence-electron chi connectivity index (χ4n) is 2.18. The lowest BCUT2D eigenvalue weighted by Crippen LogP contribution is -2.18. The standard InChI is InChI=1S/C16H10F4N2O2S2/c17-11-7-5-10(6-8-11)13-9-25-15(21-13)22-26(23,24)14-4-2-1-3-12(14)16(18,19)20/h1-9H,(H,21,22).